The summed E-state index contributed by atoms with van der Waals surface area (Å²) in [5.41, 5.74) is 0.911. The van der Waals surface area contributed by atoms with E-state index >= 15 is 0 Å². The van der Waals surface area contributed by atoms with E-state index in [1.54, 1.807) is 4.57 Å². The van der Waals surface area contributed by atoms with Crippen LogP contribution < -0.4 is 5.69 Å². The summed E-state index contributed by atoms with van der Waals surface area (Å²) in [6, 6.07) is 0. The molecule has 1 aromatic rings. The first-order valence-corrected chi connectivity index (χ1v) is 5.61. The summed E-state index contributed by atoms with van der Waals surface area (Å²) in [7, 11) is 0. The van der Waals surface area contributed by atoms with E-state index in [-0.39, 0.29) is 11.2 Å². The fraction of sp³-hybridized carbons (Fsp3) is 0.750. The second kappa shape index (κ2) is 4.25. The third-order valence-electron chi connectivity index (χ3n) is 2.48. The van der Waals surface area contributed by atoms with Crippen LogP contribution in [0.2, 0.25) is 0 Å². The molecule has 0 aromatic carbocycles. The lowest BCUT2D eigenvalue weighted by Gasteiger charge is -2.18. The average Bonchev–Trinajstić information content (AvgIpc) is 2.42. The molecule has 0 fully saturated rings. The van der Waals surface area contributed by atoms with E-state index in [1.165, 1.54) is 0 Å². The molecule has 0 atom stereocenters. The van der Waals surface area contributed by atoms with E-state index in [0.717, 1.165) is 18.5 Å². The van der Waals surface area contributed by atoms with Crippen molar-refractivity contribution in [1.29, 1.82) is 0 Å². The SMILES string of the molecule is CC(C)CCc1cn(C(C)(C)C)c(=O)[nH]1. The number of H-pyrrole nitrogens is 1. The summed E-state index contributed by atoms with van der Waals surface area (Å²) in [6.45, 7) is 10.5. The average molecular weight is 210 g/mol. The molecule has 0 aliphatic carbocycles. The Bertz CT molecular complexity index is 366. The Balaban J connectivity index is 2.83. The molecule has 3 heteroatoms. The van der Waals surface area contributed by atoms with Crippen LogP contribution in [0.4, 0.5) is 0 Å². The maximum atomic E-state index is 11.6. The van der Waals surface area contributed by atoms with Crippen molar-refractivity contribution in [3.63, 3.8) is 0 Å². The summed E-state index contributed by atoms with van der Waals surface area (Å²) in [5.74, 6) is 0.673. The van der Waals surface area contributed by atoms with Gasteiger partial charge in [-0.15, -0.1) is 0 Å². The maximum Gasteiger partial charge on any atom is 0.326 e. The number of hydrogen-bond donors (Lipinski definition) is 1. The molecule has 15 heavy (non-hydrogen) atoms. The van der Waals surface area contributed by atoms with E-state index < -0.39 is 0 Å². The van der Waals surface area contributed by atoms with Crippen LogP contribution in [0, 0.1) is 5.92 Å². The van der Waals surface area contributed by atoms with Gasteiger partial charge in [-0.1, -0.05) is 13.8 Å². The molecule has 0 saturated carbocycles. The van der Waals surface area contributed by atoms with Gasteiger partial charge in [0.1, 0.15) is 0 Å². The van der Waals surface area contributed by atoms with Crippen molar-refractivity contribution in [2.75, 3.05) is 0 Å². The van der Waals surface area contributed by atoms with E-state index in [0.29, 0.717) is 5.92 Å². The number of nitrogens with zero attached hydrogens (tertiary/aromatic N) is 1. The smallest absolute Gasteiger partial charge is 0.310 e. The second-order valence-electron chi connectivity index (χ2n) is 5.56. The number of aryl methyl sites for hydroxylation is 1. The van der Waals surface area contributed by atoms with E-state index in [1.807, 2.05) is 27.0 Å². The van der Waals surface area contributed by atoms with Gasteiger partial charge in [-0.3, -0.25) is 4.57 Å². The second-order valence-corrected chi connectivity index (χ2v) is 5.56. The predicted molar refractivity (Wildman–Crippen MR) is 63.2 cm³/mol. The Morgan fingerprint density at radius 3 is 2.40 bits per heavy atom. The summed E-state index contributed by atoms with van der Waals surface area (Å²) >= 11 is 0. The topological polar surface area (TPSA) is 37.8 Å². The third kappa shape index (κ3) is 3.26. The molecule has 0 aliphatic heterocycles. The molecule has 1 aromatic heterocycles. The number of aromatic nitrogens is 2. The molecular weight excluding hydrogens is 188 g/mol. The van der Waals surface area contributed by atoms with Crippen molar-refractivity contribution in [3.05, 3.63) is 22.4 Å². The van der Waals surface area contributed by atoms with Gasteiger partial charge >= 0.3 is 5.69 Å². The fourth-order valence-electron chi connectivity index (χ4n) is 1.51. The van der Waals surface area contributed by atoms with Gasteiger partial charge in [-0.25, -0.2) is 4.79 Å². The first-order chi connectivity index (χ1) is 6.80. The normalized spacial score (nSPS) is 12.4. The molecule has 0 unspecified atom stereocenters. The monoisotopic (exact) mass is 210 g/mol. The molecular formula is C12H22N2O. The molecule has 3 nitrogen and oxygen atoms in total. The van der Waals surface area contributed by atoms with Crippen molar-refractivity contribution in [2.24, 2.45) is 5.92 Å². The molecule has 86 valence electrons. The van der Waals surface area contributed by atoms with E-state index in [4.69, 9.17) is 0 Å². The quantitative estimate of drug-likeness (QED) is 0.818. The van der Waals surface area contributed by atoms with Gasteiger partial charge in [-0.05, 0) is 39.5 Å². The highest BCUT2D eigenvalue weighted by Crippen LogP contribution is 2.12. The number of aromatic amines is 1. The van der Waals surface area contributed by atoms with E-state index in [2.05, 4.69) is 18.8 Å². The standard InChI is InChI=1S/C12H22N2O/c1-9(2)6-7-10-8-14(11(15)13-10)12(3,4)5/h8-9H,6-7H2,1-5H3,(H,13,15). The minimum Gasteiger partial charge on any atom is -0.310 e. The third-order valence-corrected chi connectivity index (χ3v) is 2.48. The zero-order chi connectivity index (χ0) is 11.6. The lowest BCUT2D eigenvalue weighted by molar-refractivity contribution is 0.385. The highest BCUT2D eigenvalue weighted by molar-refractivity contribution is 5.00. The van der Waals surface area contributed by atoms with Crippen molar-refractivity contribution >= 4 is 0 Å². The van der Waals surface area contributed by atoms with Crippen molar-refractivity contribution in [2.45, 2.75) is 53.0 Å². The van der Waals surface area contributed by atoms with Crippen LogP contribution >= 0.6 is 0 Å². The van der Waals surface area contributed by atoms with Crippen LogP contribution in [-0.4, -0.2) is 9.55 Å². The molecule has 0 spiro atoms. The minimum atomic E-state index is -0.135. The van der Waals surface area contributed by atoms with Gasteiger partial charge in [0.15, 0.2) is 0 Å². The van der Waals surface area contributed by atoms with E-state index in [9.17, 15) is 4.79 Å². The number of rotatable bonds is 3. The lowest BCUT2D eigenvalue weighted by Crippen LogP contribution is -2.31. The van der Waals surface area contributed by atoms with Crippen LogP contribution in [0.1, 0.15) is 46.7 Å². The van der Waals surface area contributed by atoms with Gasteiger partial charge in [0.2, 0.25) is 0 Å². The molecule has 0 amide bonds. The number of hydrogen-bond acceptors (Lipinski definition) is 1. The zero-order valence-corrected chi connectivity index (χ0v) is 10.4. The first kappa shape index (κ1) is 12.1. The Morgan fingerprint density at radius 1 is 1.40 bits per heavy atom. The lowest BCUT2D eigenvalue weighted by atomic mass is 10.1. The van der Waals surface area contributed by atoms with Gasteiger partial charge < -0.3 is 4.98 Å². The molecule has 0 radical (unpaired) electrons. The molecule has 0 bridgehead atoms. The molecule has 1 rings (SSSR count). The Hall–Kier alpha value is -0.990. The minimum absolute atomic E-state index is 0.00116. The summed E-state index contributed by atoms with van der Waals surface area (Å²) in [6.07, 6.45) is 4.02. The summed E-state index contributed by atoms with van der Waals surface area (Å²) in [4.78, 5) is 14.6. The molecule has 0 saturated heterocycles. The van der Waals surface area contributed by atoms with Crippen molar-refractivity contribution in [1.82, 2.24) is 9.55 Å². The van der Waals surface area contributed by atoms with Crippen LogP contribution in [0.5, 0.6) is 0 Å². The Labute approximate surface area is 91.5 Å². The fourth-order valence-corrected chi connectivity index (χ4v) is 1.51. The summed E-state index contributed by atoms with van der Waals surface area (Å²) in [5, 5.41) is 0. The van der Waals surface area contributed by atoms with Gasteiger partial charge in [-0.2, -0.15) is 0 Å². The van der Waals surface area contributed by atoms with Gasteiger partial charge in [0, 0.05) is 17.4 Å². The van der Waals surface area contributed by atoms with Crippen molar-refractivity contribution < 1.29 is 0 Å². The Morgan fingerprint density at radius 2 is 2.00 bits per heavy atom. The highest BCUT2D eigenvalue weighted by atomic mass is 16.1. The predicted octanol–water partition coefficient (Wildman–Crippen LogP) is 2.52. The maximum absolute atomic E-state index is 11.6. The molecule has 1 heterocycles. The largest absolute Gasteiger partial charge is 0.326 e. The molecule has 1 N–H and O–H groups in total. The molecule has 0 aliphatic rings. The van der Waals surface area contributed by atoms with Crippen molar-refractivity contribution in [3.8, 4) is 0 Å². The van der Waals surface area contributed by atoms with Crippen LogP contribution in [0.3, 0.4) is 0 Å². The number of nitrogens with one attached hydrogen (secondary N) is 1. The van der Waals surface area contributed by atoms with Gasteiger partial charge in [0.25, 0.3) is 0 Å². The Kier molecular flexibility index (Phi) is 3.42. The number of imidazole rings is 1. The van der Waals surface area contributed by atoms with Crippen LogP contribution in [0.15, 0.2) is 11.0 Å². The summed E-state index contributed by atoms with van der Waals surface area (Å²) < 4.78 is 1.77. The van der Waals surface area contributed by atoms with Crippen LogP contribution in [0.25, 0.3) is 0 Å². The zero-order valence-electron chi connectivity index (χ0n) is 10.4. The van der Waals surface area contributed by atoms with Gasteiger partial charge in [0.05, 0.1) is 0 Å². The highest BCUT2D eigenvalue weighted by Gasteiger charge is 2.16. The van der Waals surface area contributed by atoms with Crippen LogP contribution in [-0.2, 0) is 12.0 Å². The first-order valence-electron chi connectivity index (χ1n) is 5.61.